The molecular weight excluding hydrogens is 420 g/mol. The Bertz CT molecular complexity index is 1260. The molecule has 1 aliphatic rings. The Kier molecular flexibility index (Phi) is 5.93. The summed E-state index contributed by atoms with van der Waals surface area (Å²) in [5.41, 5.74) is 3.04. The number of carbonyl (C=O) groups excluding carboxylic acids is 1. The maximum atomic E-state index is 13.4. The molecule has 8 heteroatoms. The largest absolute Gasteiger partial charge is 0.465 e. The second-order valence-corrected chi connectivity index (χ2v) is 8.19. The summed E-state index contributed by atoms with van der Waals surface area (Å²) >= 11 is 0. The molecule has 0 saturated carbocycles. The van der Waals surface area contributed by atoms with Crippen molar-refractivity contribution in [2.24, 2.45) is 0 Å². The molecule has 0 spiro atoms. The lowest BCUT2D eigenvalue weighted by atomic mass is 10.0. The Balaban J connectivity index is 1.44. The monoisotopic (exact) mass is 446 g/mol. The first-order chi connectivity index (χ1) is 16.1. The number of furan rings is 1. The van der Waals surface area contributed by atoms with Crippen molar-refractivity contribution in [2.75, 3.05) is 32.8 Å². The number of hydrogen-bond donors (Lipinski definition) is 1. The second-order valence-electron chi connectivity index (χ2n) is 8.19. The molecule has 0 aliphatic carbocycles. The number of carbonyl (C=O) groups is 1. The minimum absolute atomic E-state index is 0.0824. The number of rotatable bonds is 6. The fraction of sp³-hybridized carbons (Fsp3) is 0.320. The van der Waals surface area contributed by atoms with Crippen LogP contribution in [0.1, 0.15) is 33.6 Å². The average molecular weight is 447 g/mol. The molecule has 0 radical (unpaired) electrons. The molecule has 1 aromatic carbocycles. The van der Waals surface area contributed by atoms with Gasteiger partial charge in [0.25, 0.3) is 11.6 Å². The zero-order chi connectivity index (χ0) is 22.8. The van der Waals surface area contributed by atoms with Crippen LogP contribution in [-0.2, 0) is 4.74 Å². The van der Waals surface area contributed by atoms with E-state index in [-0.39, 0.29) is 11.9 Å². The van der Waals surface area contributed by atoms with Crippen molar-refractivity contribution in [1.29, 1.82) is 0 Å². The number of fused-ring (bicyclic) bond motifs is 1. The normalized spacial score (nSPS) is 15.6. The van der Waals surface area contributed by atoms with E-state index in [1.807, 2.05) is 56.3 Å². The van der Waals surface area contributed by atoms with E-state index >= 15 is 0 Å². The van der Waals surface area contributed by atoms with Crippen molar-refractivity contribution < 1.29 is 18.5 Å². The Morgan fingerprint density at radius 2 is 1.91 bits per heavy atom. The van der Waals surface area contributed by atoms with Gasteiger partial charge in [-0.1, -0.05) is 35.5 Å². The fourth-order valence-electron chi connectivity index (χ4n) is 4.25. The summed E-state index contributed by atoms with van der Waals surface area (Å²) in [4.78, 5) is 20.3. The number of hydrogen-bond acceptors (Lipinski definition) is 7. The number of morpholine rings is 1. The van der Waals surface area contributed by atoms with Gasteiger partial charge in [-0.2, -0.15) is 0 Å². The molecule has 1 atom stereocenters. The number of aromatic nitrogens is 2. The summed E-state index contributed by atoms with van der Waals surface area (Å²) in [5, 5.41) is 7.78. The van der Waals surface area contributed by atoms with Crippen molar-refractivity contribution >= 4 is 17.0 Å². The van der Waals surface area contributed by atoms with Gasteiger partial charge in [-0.15, -0.1) is 0 Å². The number of benzene rings is 1. The Labute approximate surface area is 191 Å². The van der Waals surface area contributed by atoms with Crippen LogP contribution in [0.5, 0.6) is 0 Å². The maximum absolute atomic E-state index is 13.4. The van der Waals surface area contributed by atoms with Gasteiger partial charge in [0, 0.05) is 25.2 Å². The highest BCUT2D eigenvalue weighted by Crippen LogP contribution is 2.28. The van der Waals surface area contributed by atoms with Crippen LogP contribution in [-0.4, -0.2) is 53.8 Å². The van der Waals surface area contributed by atoms with Crippen molar-refractivity contribution in [3.63, 3.8) is 0 Å². The average Bonchev–Trinajstić information content (AvgIpc) is 3.45. The van der Waals surface area contributed by atoms with Crippen molar-refractivity contribution in [3.8, 4) is 11.3 Å². The van der Waals surface area contributed by atoms with Crippen LogP contribution in [0, 0.1) is 13.8 Å². The van der Waals surface area contributed by atoms with E-state index in [9.17, 15) is 4.79 Å². The first kappa shape index (κ1) is 21.4. The zero-order valence-corrected chi connectivity index (χ0v) is 18.7. The highest BCUT2D eigenvalue weighted by Gasteiger charge is 2.27. The van der Waals surface area contributed by atoms with Crippen LogP contribution in [0.25, 0.3) is 22.4 Å². The van der Waals surface area contributed by atoms with Crippen LogP contribution in [0.15, 0.2) is 57.5 Å². The van der Waals surface area contributed by atoms with Gasteiger partial charge >= 0.3 is 0 Å². The van der Waals surface area contributed by atoms with Gasteiger partial charge in [0.2, 0.25) is 0 Å². The van der Waals surface area contributed by atoms with E-state index in [4.69, 9.17) is 13.7 Å². The fourth-order valence-corrected chi connectivity index (χ4v) is 4.25. The number of amides is 1. The van der Waals surface area contributed by atoms with Gasteiger partial charge in [-0.3, -0.25) is 9.69 Å². The lowest BCUT2D eigenvalue weighted by molar-refractivity contribution is 0.0117. The van der Waals surface area contributed by atoms with Crippen molar-refractivity contribution in [3.05, 3.63) is 71.3 Å². The third-order valence-corrected chi connectivity index (χ3v) is 5.96. The lowest BCUT2D eigenvalue weighted by Gasteiger charge is -2.33. The van der Waals surface area contributed by atoms with E-state index in [1.165, 1.54) is 0 Å². The molecule has 1 amide bonds. The molecule has 170 valence electrons. The molecule has 33 heavy (non-hydrogen) atoms. The van der Waals surface area contributed by atoms with Crippen LogP contribution < -0.4 is 5.32 Å². The SMILES string of the molecule is Cc1ccc(C(CNC(=O)c2cc(-c3ccccc3)nc3onc(C)c23)N2CCOCC2)o1. The van der Waals surface area contributed by atoms with Crippen LogP contribution in [0.3, 0.4) is 0 Å². The quantitative estimate of drug-likeness (QED) is 0.480. The van der Waals surface area contributed by atoms with Gasteiger partial charge in [-0.05, 0) is 32.0 Å². The minimum Gasteiger partial charge on any atom is -0.465 e. The standard InChI is InChI=1S/C25H26N4O4/c1-16-8-9-22(32-16)21(29-10-12-31-13-11-29)15-26-24(30)19-14-20(18-6-4-3-5-7-18)27-25-23(19)17(2)28-33-25/h3-9,14,21H,10-13,15H2,1-2H3,(H,26,30). The summed E-state index contributed by atoms with van der Waals surface area (Å²) in [6, 6.07) is 15.4. The highest BCUT2D eigenvalue weighted by molar-refractivity contribution is 6.07. The van der Waals surface area contributed by atoms with Crippen LogP contribution in [0.2, 0.25) is 0 Å². The van der Waals surface area contributed by atoms with E-state index in [1.54, 1.807) is 6.07 Å². The smallest absolute Gasteiger partial charge is 0.259 e. The zero-order valence-electron chi connectivity index (χ0n) is 18.7. The minimum atomic E-state index is -0.201. The molecular formula is C25H26N4O4. The molecule has 1 fully saturated rings. The number of ether oxygens (including phenoxy) is 1. The molecule has 1 saturated heterocycles. The lowest BCUT2D eigenvalue weighted by Crippen LogP contribution is -2.43. The summed E-state index contributed by atoms with van der Waals surface area (Å²) in [5.74, 6) is 1.48. The predicted molar refractivity (Wildman–Crippen MR) is 123 cm³/mol. The number of aryl methyl sites for hydroxylation is 2. The molecule has 1 unspecified atom stereocenters. The van der Waals surface area contributed by atoms with Crippen LogP contribution >= 0.6 is 0 Å². The van der Waals surface area contributed by atoms with Gasteiger partial charge in [0.1, 0.15) is 11.5 Å². The summed E-state index contributed by atoms with van der Waals surface area (Å²) in [7, 11) is 0. The number of nitrogens with one attached hydrogen (secondary N) is 1. The highest BCUT2D eigenvalue weighted by atomic mass is 16.5. The first-order valence-electron chi connectivity index (χ1n) is 11.1. The topological polar surface area (TPSA) is 93.6 Å². The number of nitrogens with zero attached hydrogens (tertiary/aromatic N) is 3. The Morgan fingerprint density at radius 1 is 1.12 bits per heavy atom. The summed E-state index contributed by atoms with van der Waals surface area (Å²) in [6.07, 6.45) is 0. The number of pyridine rings is 1. The molecule has 4 aromatic rings. The Hall–Kier alpha value is -3.49. The van der Waals surface area contributed by atoms with E-state index in [0.29, 0.717) is 47.8 Å². The van der Waals surface area contributed by atoms with Gasteiger partial charge in [-0.25, -0.2) is 4.98 Å². The van der Waals surface area contributed by atoms with E-state index < -0.39 is 0 Å². The molecule has 4 heterocycles. The predicted octanol–water partition coefficient (Wildman–Crippen LogP) is 3.90. The van der Waals surface area contributed by atoms with E-state index in [2.05, 4.69) is 20.4 Å². The molecule has 1 aliphatic heterocycles. The van der Waals surface area contributed by atoms with Gasteiger partial charge in [0.05, 0.1) is 41.6 Å². The second kappa shape index (κ2) is 9.17. The molecule has 3 aromatic heterocycles. The van der Waals surface area contributed by atoms with Crippen LogP contribution in [0.4, 0.5) is 0 Å². The van der Waals surface area contributed by atoms with Gasteiger partial charge < -0.3 is 19.0 Å². The van der Waals surface area contributed by atoms with Gasteiger partial charge in [0.15, 0.2) is 0 Å². The van der Waals surface area contributed by atoms with Crippen molar-refractivity contribution in [1.82, 2.24) is 20.4 Å². The van der Waals surface area contributed by atoms with Crippen molar-refractivity contribution in [2.45, 2.75) is 19.9 Å². The molecule has 0 bridgehead atoms. The first-order valence-corrected chi connectivity index (χ1v) is 11.1. The summed E-state index contributed by atoms with van der Waals surface area (Å²) < 4.78 is 16.8. The summed E-state index contributed by atoms with van der Waals surface area (Å²) in [6.45, 7) is 7.03. The third kappa shape index (κ3) is 4.40. The maximum Gasteiger partial charge on any atom is 0.259 e. The van der Waals surface area contributed by atoms with E-state index in [0.717, 1.165) is 30.2 Å². The Morgan fingerprint density at radius 3 is 2.64 bits per heavy atom. The molecule has 5 rings (SSSR count). The molecule has 1 N–H and O–H groups in total. The third-order valence-electron chi connectivity index (χ3n) is 5.96. The molecule has 8 nitrogen and oxygen atoms in total.